The molecule has 1 saturated carbocycles. The first-order valence-corrected chi connectivity index (χ1v) is 14.4. The highest BCUT2D eigenvalue weighted by Gasteiger charge is 2.34. The number of nitrogens with zero attached hydrogens (tertiary/aromatic N) is 1. The van der Waals surface area contributed by atoms with E-state index in [-0.39, 0.29) is 50.5 Å². The molecular weight excluding hydrogens is 561 g/mol. The Bertz CT molecular complexity index is 1780. The Morgan fingerprint density at radius 1 is 1.15 bits per heavy atom. The van der Waals surface area contributed by atoms with Gasteiger partial charge in [-0.1, -0.05) is 11.6 Å². The highest BCUT2D eigenvalue weighted by atomic mass is 35.5. The highest BCUT2D eigenvalue weighted by molar-refractivity contribution is 7.92. The third kappa shape index (κ3) is 4.86. The molecule has 40 heavy (non-hydrogen) atoms. The summed E-state index contributed by atoms with van der Waals surface area (Å²) < 4.78 is 52.2. The molecular formula is C28H25ClFN3O6S. The number of nitrogens with one attached hydrogen (secondary N) is 1. The van der Waals surface area contributed by atoms with Crippen LogP contribution in [0.25, 0.3) is 22.3 Å². The zero-order valence-electron chi connectivity index (χ0n) is 21.7. The normalized spacial score (nSPS) is 13.3. The topological polar surface area (TPSA) is 132 Å². The minimum absolute atomic E-state index is 0.0229. The molecule has 4 aromatic rings. The smallest absolute Gasteiger partial charge is 0.340 e. The van der Waals surface area contributed by atoms with Gasteiger partial charge in [-0.25, -0.2) is 21.9 Å². The third-order valence-corrected chi connectivity index (χ3v) is 8.10. The fraction of sp³-hybridized carbons (Fsp3) is 0.214. The molecule has 3 aromatic carbocycles. The van der Waals surface area contributed by atoms with Gasteiger partial charge >= 0.3 is 5.97 Å². The van der Waals surface area contributed by atoms with Gasteiger partial charge < -0.3 is 20.2 Å². The van der Waals surface area contributed by atoms with Crippen molar-refractivity contribution < 1.29 is 31.6 Å². The van der Waals surface area contributed by atoms with E-state index in [2.05, 4.69) is 5.32 Å². The van der Waals surface area contributed by atoms with Gasteiger partial charge in [0, 0.05) is 24.1 Å². The zero-order valence-corrected chi connectivity index (χ0v) is 23.3. The van der Waals surface area contributed by atoms with Gasteiger partial charge in [0.05, 0.1) is 46.6 Å². The second-order valence-corrected chi connectivity index (χ2v) is 11.7. The molecule has 0 unspecified atom stereocenters. The molecule has 12 heteroatoms. The number of carbonyl (C=O) groups is 2. The molecule has 1 aromatic heterocycles. The summed E-state index contributed by atoms with van der Waals surface area (Å²) in [6, 6.07) is 11.5. The van der Waals surface area contributed by atoms with Crippen LogP contribution in [0.4, 0.5) is 21.5 Å². The molecule has 5 rings (SSSR count). The van der Waals surface area contributed by atoms with E-state index in [1.165, 1.54) is 50.6 Å². The molecule has 1 heterocycles. The summed E-state index contributed by atoms with van der Waals surface area (Å²) in [4.78, 5) is 25.4. The van der Waals surface area contributed by atoms with E-state index in [9.17, 15) is 22.4 Å². The molecule has 9 nitrogen and oxygen atoms in total. The van der Waals surface area contributed by atoms with Crippen molar-refractivity contribution in [3.05, 3.63) is 76.1 Å². The van der Waals surface area contributed by atoms with E-state index >= 15 is 0 Å². The predicted molar refractivity (Wildman–Crippen MR) is 151 cm³/mol. The monoisotopic (exact) mass is 585 g/mol. The average Bonchev–Trinajstić information content (AvgIpc) is 3.69. The standard InChI is InChI=1S/C28H25ClFN3O6S/c1-32-27(34)24-19-12-18(14-4-5-14)22(13-23(19)39-26(24)15-6-8-16(30)9-7-15)33(40(3,36)37)17-10-20(28(35)38-2)25(31)21(29)11-17/h6-14H,4-5,31H2,1-3H3,(H,32,34). The number of methoxy groups -OCH3 is 1. The van der Waals surface area contributed by atoms with Crippen LogP contribution in [0.2, 0.25) is 5.02 Å². The van der Waals surface area contributed by atoms with Crippen LogP contribution in [-0.4, -0.2) is 40.7 Å². The Morgan fingerprint density at radius 2 is 1.82 bits per heavy atom. The first-order valence-electron chi connectivity index (χ1n) is 12.2. The van der Waals surface area contributed by atoms with Crippen molar-refractivity contribution in [1.29, 1.82) is 0 Å². The Hall–Kier alpha value is -4.09. The van der Waals surface area contributed by atoms with Crippen molar-refractivity contribution in [1.82, 2.24) is 5.32 Å². The Kier molecular flexibility index (Phi) is 6.97. The van der Waals surface area contributed by atoms with Crippen molar-refractivity contribution in [2.75, 3.05) is 30.5 Å². The lowest BCUT2D eigenvalue weighted by Gasteiger charge is -2.26. The number of hydrogen-bond acceptors (Lipinski definition) is 7. The minimum atomic E-state index is -4.01. The van der Waals surface area contributed by atoms with Crippen LogP contribution >= 0.6 is 11.6 Å². The molecule has 1 fully saturated rings. The summed E-state index contributed by atoms with van der Waals surface area (Å²) in [5.41, 5.74) is 7.81. The highest BCUT2D eigenvalue weighted by Crippen LogP contribution is 2.49. The number of sulfonamides is 1. The van der Waals surface area contributed by atoms with Crippen LogP contribution in [-0.2, 0) is 14.8 Å². The lowest BCUT2D eigenvalue weighted by Crippen LogP contribution is -2.26. The largest absolute Gasteiger partial charge is 0.465 e. The van der Waals surface area contributed by atoms with Crippen molar-refractivity contribution in [2.24, 2.45) is 0 Å². The van der Waals surface area contributed by atoms with Crippen molar-refractivity contribution >= 4 is 61.5 Å². The number of nitrogen functional groups attached to an aromatic ring is 1. The van der Waals surface area contributed by atoms with Gasteiger partial charge in [-0.05, 0) is 66.8 Å². The van der Waals surface area contributed by atoms with E-state index in [1.807, 2.05) is 0 Å². The molecule has 0 spiro atoms. The summed E-state index contributed by atoms with van der Waals surface area (Å²) >= 11 is 6.32. The maximum Gasteiger partial charge on any atom is 0.340 e. The van der Waals surface area contributed by atoms with E-state index in [1.54, 1.807) is 12.1 Å². The number of nitrogens with two attached hydrogens (primary N) is 1. The molecule has 208 valence electrons. The van der Waals surface area contributed by atoms with Crippen LogP contribution < -0.4 is 15.4 Å². The molecule has 1 aliphatic rings. The van der Waals surface area contributed by atoms with Gasteiger partial charge in [-0.2, -0.15) is 0 Å². The number of benzene rings is 3. The quantitative estimate of drug-likeness (QED) is 0.213. The molecule has 0 saturated heterocycles. The molecule has 0 aliphatic heterocycles. The summed E-state index contributed by atoms with van der Waals surface area (Å²) in [6.45, 7) is 0. The second-order valence-electron chi connectivity index (χ2n) is 9.48. The number of esters is 1. The van der Waals surface area contributed by atoms with Gasteiger partial charge in [0.1, 0.15) is 17.2 Å². The maximum absolute atomic E-state index is 13.6. The number of halogens is 2. The summed E-state index contributed by atoms with van der Waals surface area (Å²) in [7, 11) is -1.35. The summed E-state index contributed by atoms with van der Waals surface area (Å²) in [5, 5.41) is 3.06. The maximum atomic E-state index is 13.6. The fourth-order valence-electron chi connectivity index (χ4n) is 4.71. The van der Waals surface area contributed by atoms with Crippen molar-refractivity contribution in [2.45, 2.75) is 18.8 Å². The number of anilines is 3. The first-order chi connectivity index (χ1) is 18.9. The number of fused-ring (bicyclic) bond motifs is 1. The Morgan fingerprint density at radius 3 is 2.40 bits per heavy atom. The third-order valence-electron chi connectivity index (χ3n) is 6.72. The van der Waals surface area contributed by atoms with Crippen LogP contribution in [0, 0.1) is 5.82 Å². The first kappa shape index (κ1) is 27.5. The number of rotatable bonds is 7. The van der Waals surface area contributed by atoms with Gasteiger partial charge in [0.25, 0.3) is 5.91 Å². The summed E-state index contributed by atoms with van der Waals surface area (Å²) in [6.07, 6.45) is 2.64. The number of ether oxygens (including phenoxy) is 1. The van der Waals surface area contributed by atoms with E-state index in [0.717, 1.165) is 23.4 Å². The number of amides is 1. The molecule has 1 aliphatic carbocycles. The average molecular weight is 586 g/mol. The Labute approximate surface area is 234 Å². The van der Waals surface area contributed by atoms with Gasteiger partial charge in [0.15, 0.2) is 0 Å². The second kappa shape index (κ2) is 10.1. The van der Waals surface area contributed by atoms with Gasteiger partial charge in [-0.15, -0.1) is 0 Å². The summed E-state index contributed by atoms with van der Waals surface area (Å²) in [5.74, 6) is -1.41. The molecule has 0 bridgehead atoms. The van der Waals surface area contributed by atoms with Gasteiger partial charge in [0.2, 0.25) is 10.0 Å². The van der Waals surface area contributed by atoms with Gasteiger partial charge in [-0.3, -0.25) is 4.79 Å². The fourth-order valence-corrected chi connectivity index (χ4v) is 5.93. The van der Waals surface area contributed by atoms with E-state index in [4.69, 9.17) is 26.5 Å². The van der Waals surface area contributed by atoms with E-state index in [0.29, 0.717) is 16.5 Å². The number of carbonyl (C=O) groups excluding carboxylic acids is 2. The van der Waals surface area contributed by atoms with Crippen LogP contribution in [0.1, 0.15) is 45.0 Å². The predicted octanol–water partition coefficient (Wildman–Crippen LogP) is 5.60. The van der Waals surface area contributed by atoms with Crippen LogP contribution in [0.3, 0.4) is 0 Å². The lowest BCUT2D eigenvalue weighted by atomic mass is 10.00. The van der Waals surface area contributed by atoms with E-state index < -0.39 is 27.7 Å². The van der Waals surface area contributed by atoms with Crippen molar-refractivity contribution in [3.8, 4) is 11.3 Å². The lowest BCUT2D eigenvalue weighted by molar-refractivity contribution is 0.0601. The number of hydrogen-bond donors (Lipinski definition) is 2. The SMILES string of the molecule is CNC(=O)c1c(-c2ccc(F)cc2)oc2cc(N(c3cc(Cl)c(N)c(C(=O)OC)c3)S(C)(=O)=O)c(C3CC3)cc12. The van der Waals surface area contributed by atoms with Crippen molar-refractivity contribution in [3.63, 3.8) is 0 Å². The zero-order chi connectivity index (χ0) is 28.9. The number of furan rings is 1. The minimum Gasteiger partial charge on any atom is -0.465 e. The molecule has 3 N–H and O–H groups in total. The Balaban J connectivity index is 1.81. The molecule has 0 atom stereocenters. The van der Waals surface area contributed by atoms with Crippen LogP contribution in [0.5, 0.6) is 0 Å². The molecule has 1 amide bonds. The van der Waals surface area contributed by atoms with Crippen LogP contribution in [0.15, 0.2) is 52.9 Å². The molecule has 0 radical (unpaired) electrons.